The molecule has 4 nitrogen and oxygen atoms in total. The van der Waals surface area contributed by atoms with Crippen LogP contribution in [0.1, 0.15) is 41.5 Å². The van der Waals surface area contributed by atoms with Gasteiger partial charge in [-0.2, -0.15) is 16.6 Å². The Morgan fingerprint density at radius 3 is 2.81 bits per heavy atom. The summed E-state index contributed by atoms with van der Waals surface area (Å²) >= 11 is 3.29. The van der Waals surface area contributed by atoms with Gasteiger partial charge in [0.1, 0.15) is 10.9 Å². The van der Waals surface area contributed by atoms with Crippen LogP contribution in [-0.2, 0) is 17.9 Å². The molecule has 0 aromatic carbocycles. The minimum Gasteiger partial charge on any atom is -0.335 e. The van der Waals surface area contributed by atoms with E-state index in [0.29, 0.717) is 11.5 Å². The van der Waals surface area contributed by atoms with Gasteiger partial charge in [-0.1, -0.05) is 0 Å². The molecular formula is C20H23N3OS2. The average molecular weight is 386 g/mol. The number of amides is 1. The summed E-state index contributed by atoms with van der Waals surface area (Å²) in [7, 11) is 0. The average Bonchev–Trinajstić information content (AvgIpc) is 3.01. The van der Waals surface area contributed by atoms with Crippen LogP contribution in [0.15, 0.2) is 29.0 Å². The van der Waals surface area contributed by atoms with E-state index in [4.69, 9.17) is 5.26 Å². The van der Waals surface area contributed by atoms with Crippen LogP contribution in [0.3, 0.4) is 0 Å². The predicted octanol–water partition coefficient (Wildman–Crippen LogP) is 4.08. The number of piperidine rings is 1. The van der Waals surface area contributed by atoms with Gasteiger partial charge in [0, 0.05) is 30.9 Å². The van der Waals surface area contributed by atoms with Crippen LogP contribution in [0, 0.1) is 16.7 Å². The quantitative estimate of drug-likeness (QED) is 0.779. The Kier molecular flexibility index (Phi) is 4.87. The molecule has 136 valence electrons. The van der Waals surface area contributed by atoms with E-state index >= 15 is 0 Å². The third-order valence-corrected chi connectivity index (χ3v) is 7.57. The monoisotopic (exact) mass is 385 g/mol. The van der Waals surface area contributed by atoms with Crippen LogP contribution in [0.2, 0.25) is 0 Å². The van der Waals surface area contributed by atoms with E-state index in [2.05, 4.69) is 38.8 Å². The van der Waals surface area contributed by atoms with Gasteiger partial charge >= 0.3 is 0 Å². The summed E-state index contributed by atoms with van der Waals surface area (Å²) < 4.78 is 0. The molecule has 3 heterocycles. The minimum absolute atomic E-state index is 0.197. The molecular weight excluding hydrogens is 362 g/mol. The van der Waals surface area contributed by atoms with E-state index in [0.717, 1.165) is 37.5 Å². The molecule has 0 radical (unpaired) electrons. The van der Waals surface area contributed by atoms with Crippen molar-refractivity contribution in [2.24, 2.45) is 5.41 Å². The van der Waals surface area contributed by atoms with Gasteiger partial charge in [0.15, 0.2) is 0 Å². The zero-order valence-corrected chi connectivity index (χ0v) is 16.6. The van der Waals surface area contributed by atoms with Crippen LogP contribution in [0.25, 0.3) is 0 Å². The normalized spacial score (nSPS) is 21.5. The maximum absolute atomic E-state index is 12.2. The fraction of sp³-hybridized carbons (Fsp3) is 0.500. The second-order valence-corrected chi connectivity index (χ2v) is 9.46. The zero-order chi connectivity index (χ0) is 18.1. The number of thiophene rings is 2. The van der Waals surface area contributed by atoms with Crippen molar-refractivity contribution in [1.82, 2.24) is 9.80 Å². The molecule has 1 saturated carbocycles. The van der Waals surface area contributed by atoms with E-state index in [1.807, 2.05) is 6.07 Å². The lowest BCUT2D eigenvalue weighted by molar-refractivity contribution is -0.130. The van der Waals surface area contributed by atoms with E-state index in [-0.39, 0.29) is 5.91 Å². The Morgan fingerprint density at radius 1 is 1.38 bits per heavy atom. The van der Waals surface area contributed by atoms with Gasteiger partial charge in [0.25, 0.3) is 0 Å². The highest BCUT2D eigenvalue weighted by molar-refractivity contribution is 7.12. The predicted molar refractivity (Wildman–Crippen MR) is 105 cm³/mol. The number of rotatable bonds is 5. The zero-order valence-electron chi connectivity index (χ0n) is 15.0. The third kappa shape index (κ3) is 3.57. The lowest BCUT2D eigenvalue weighted by Crippen LogP contribution is -2.39. The Morgan fingerprint density at radius 2 is 2.19 bits per heavy atom. The lowest BCUT2D eigenvalue weighted by atomic mass is 9.92. The molecule has 0 N–H and O–H groups in total. The number of hydrogen-bond acceptors (Lipinski definition) is 5. The highest BCUT2D eigenvalue weighted by Gasteiger charge is 2.58. The van der Waals surface area contributed by atoms with Gasteiger partial charge in [0.05, 0.1) is 0 Å². The van der Waals surface area contributed by atoms with Crippen molar-refractivity contribution >= 4 is 28.6 Å². The summed E-state index contributed by atoms with van der Waals surface area (Å²) in [5, 5.41) is 13.2. The van der Waals surface area contributed by atoms with Crippen molar-refractivity contribution in [3.05, 3.63) is 44.3 Å². The van der Waals surface area contributed by atoms with Crippen LogP contribution in [0.4, 0.5) is 0 Å². The van der Waals surface area contributed by atoms with Crippen LogP contribution < -0.4 is 0 Å². The SMILES string of the molecule is CC(=O)N(Cc1ccsc1)[C@@H]1CC12CCN(Cc1ccc(C#N)s1)CC2. The summed E-state index contributed by atoms with van der Waals surface area (Å²) in [4.78, 5) is 18.9. The Balaban J connectivity index is 1.34. The molecule has 1 amide bonds. The molecule has 1 spiro atoms. The van der Waals surface area contributed by atoms with Crippen molar-refractivity contribution in [2.75, 3.05) is 13.1 Å². The standard InChI is InChI=1S/C20H23N3OS2/c1-15(24)23(12-16-4-9-25-14-16)19-10-20(19)5-7-22(8-6-20)13-18-3-2-17(11-21)26-18/h2-4,9,14,19H,5-8,10,12-13H2,1H3/t19-/m1/s1. The summed E-state index contributed by atoms with van der Waals surface area (Å²) in [6, 6.07) is 8.74. The first-order valence-corrected chi connectivity index (χ1v) is 10.8. The molecule has 2 fully saturated rings. The minimum atomic E-state index is 0.197. The maximum Gasteiger partial charge on any atom is 0.220 e. The largest absolute Gasteiger partial charge is 0.335 e. The first-order chi connectivity index (χ1) is 12.6. The van der Waals surface area contributed by atoms with Gasteiger partial charge < -0.3 is 4.90 Å². The molecule has 2 aromatic rings. The van der Waals surface area contributed by atoms with Crippen LogP contribution in [-0.4, -0.2) is 34.8 Å². The van der Waals surface area contributed by atoms with Crippen LogP contribution >= 0.6 is 22.7 Å². The molecule has 0 bridgehead atoms. The number of likely N-dealkylation sites (tertiary alicyclic amines) is 1. The van der Waals surface area contributed by atoms with Crippen molar-refractivity contribution in [1.29, 1.82) is 5.26 Å². The maximum atomic E-state index is 12.2. The summed E-state index contributed by atoms with van der Waals surface area (Å²) in [6.45, 7) is 5.57. The number of carbonyl (C=O) groups is 1. The second-order valence-electron chi connectivity index (χ2n) is 7.51. The fourth-order valence-electron chi connectivity index (χ4n) is 4.22. The van der Waals surface area contributed by atoms with E-state index < -0.39 is 0 Å². The molecule has 1 aliphatic carbocycles. The first kappa shape index (κ1) is 17.7. The highest BCUT2D eigenvalue weighted by Crippen LogP contribution is 2.57. The van der Waals surface area contributed by atoms with Crippen molar-refractivity contribution in [3.8, 4) is 6.07 Å². The van der Waals surface area contributed by atoms with Gasteiger partial charge in [-0.3, -0.25) is 9.69 Å². The Bertz CT molecular complexity index is 812. The van der Waals surface area contributed by atoms with Crippen molar-refractivity contribution in [2.45, 2.75) is 45.3 Å². The van der Waals surface area contributed by atoms with E-state index in [1.54, 1.807) is 29.6 Å². The lowest BCUT2D eigenvalue weighted by Gasteiger charge is -2.34. The number of nitriles is 1. The van der Waals surface area contributed by atoms with Crippen molar-refractivity contribution in [3.63, 3.8) is 0 Å². The number of nitrogens with zero attached hydrogens (tertiary/aromatic N) is 3. The Labute approximate surface area is 162 Å². The summed E-state index contributed by atoms with van der Waals surface area (Å²) in [6.07, 6.45) is 3.49. The molecule has 0 unspecified atom stereocenters. The van der Waals surface area contributed by atoms with E-state index in [9.17, 15) is 4.79 Å². The highest BCUT2D eigenvalue weighted by atomic mass is 32.1. The molecule has 6 heteroatoms. The van der Waals surface area contributed by atoms with Gasteiger partial charge in [-0.05, 0) is 72.3 Å². The first-order valence-electron chi connectivity index (χ1n) is 9.09. The third-order valence-electron chi connectivity index (χ3n) is 5.86. The summed E-state index contributed by atoms with van der Waals surface area (Å²) in [5.74, 6) is 0.197. The molecule has 2 aliphatic rings. The summed E-state index contributed by atoms with van der Waals surface area (Å²) in [5.41, 5.74) is 1.58. The molecule has 1 atom stereocenters. The Hall–Kier alpha value is -1.68. The van der Waals surface area contributed by atoms with Gasteiger partial charge in [-0.25, -0.2) is 0 Å². The van der Waals surface area contributed by atoms with Gasteiger partial charge in [0.2, 0.25) is 5.91 Å². The van der Waals surface area contributed by atoms with Crippen LogP contribution in [0.5, 0.6) is 0 Å². The number of carbonyl (C=O) groups excluding carboxylic acids is 1. The number of hydrogen-bond donors (Lipinski definition) is 0. The van der Waals surface area contributed by atoms with Gasteiger partial charge in [-0.15, -0.1) is 11.3 Å². The second kappa shape index (κ2) is 7.15. The molecule has 1 saturated heterocycles. The topological polar surface area (TPSA) is 47.3 Å². The molecule has 2 aromatic heterocycles. The molecule has 26 heavy (non-hydrogen) atoms. The van der Waals surface area contributed by atoms with Crippen molar-refractivity contribution < 1.29 is 4.79 Å². The van der Waals surface area contributed by atoms with E-state index in [1.165, 1.54) is 23.3 Å². The molecule has 4 rings (SSSR count). The molecule has 1 aliphatic heterocycles. The smallest absolute Gasteiger partial charge is 0.220 e. The fourth-order valence-corrected chi connectivity index (χ4v) is 5.73.